The minimum absolute atomic E-state index is 0.279. The number of hydrogen-bond donors (Lipinski definition) is 2. The van der Waals surface area contributed by atoms with Gasteiger partial charge in [0, 0.05) is 5.54 Å². The molecule has 3 aromatic carbocycles. The predicted octanol–water partition coefficient (Wildman–Crippen LogP) is 4.33. The zero-order valence-electron chi connectivity index (χ0n) is 21.8. The number of nitrogens with zero attached hydrogens (tertiary/aromatic N) is 1. The van der Waals surface area contributed by atoms with E-state index < -0.39 is 17.1 Å². The van der Waals surface area contributed by atoms with Gasteiger partial charge in [0.2, 0.25) is 0 Å². The molecule has 1 saturated heterocycles. The van der Waals surface area contributed by atoms with Gasteiger partial charge >= 0.3 is 0 Å². The summed E-state index contributed by atoms with van der Waals surface area (Å²) in [6, 6.07) is 25.8. The highest BCUT2D eigenvalue weighted by atomic mass is 16.5. The van der Waals surface area contributed by atoms with Crippen molar-refractivity contribution in [2.75, 3.05) is 13.7 Å². The van der Waals surface area contributed by atoms with Crippen LogP contribution >= 0.6 is 0 Å². The highest BCUT2D eigenvalue weighted by Gasteiger charge is 2.64. The number of nitrogens with one attached hydrogen (secondary N) is 1. The number of carbonyl (C=O) groups is 2. The number of rotatable bonds is 8. The van der Waals surface area contributed by atoms with Crippen LogP contribution in [0.1, 0.15) is 37.5 Å². The minimum atomic E-state index is -1.44. The van der Waals surface area contributed by atoms with Crippen LogP contribution in [-0.2, 0) is 21.5 Å². The number of hydrogen-bond acceptors (Lipinski definition) is 4. The molecule has 0 bridgehead atoms. The first-order chi connectivity index (χ1) is 17.7. The molecule has 1 heterocycles. The van der Waals surface area contributed by atoms with Gasteiger partial charge in [-0.05, 0) is 62.1 Å². The van der Waals surface area contributed by atoms with Gasteiger partial charge in [-0.25, -0.2) is 0 Å². The number of amides is 2. The number of aliphatic hydroxyl groups is 1. The zero-order valence-corrected chi connectivity index (χ0v) is 21.8. The molecule has 37 heavy (non-hydrogen) atoms. The van der Waals surface area contributed by atoms with Crippen molar-refractivity contribution in [3.63, 3.8) is 0 Å². The largest absolute Gasteiger partial charge is 0.497 e. The van der Waals surface area contributed by atoms with Crippen molar-refractivity contribution in [2.45, 2.75) is 44.3 Å². The molecule has 6 nitrogen and oxygen atoms in total. The number of ether oxygens (including phenoxy) is 1. The summed E-state index contributed by atoms with van der Waals surface area (Å²) in [5, 5.41) is 13.6. The maximum Gasteiger partial charge on any atom is 0.256 e. The number of likely N-dealkylation sites (tertiary alicyclic amines) is 1. The van der Waals surface area contributed by atoms with Crippen molar-refractivity contribution >= 4 is 17.9 Å². The van der Waals surface area contributed by atoms with Crippen LogP contribution in [0.2, 0.25) is 0 Å². The Hall–Kier alpha value is -3.90. The molecule has 2 amide bonds. The average molecular weight is 499 g/mol. The average Bonchev–Trinajstić information content (AvgIpc) is 2.89. The molecular weight excluding hydrogens is 464 g/mol. The molecule has 0 saturated carbocycles. The number of aliphatic hydroxyl groups excluding tert-OH is 1. The summed E-state index contributed by atoms with van der Waals surface area (Å²) < 4.78 is 5.36. The molecule has 192 valence electrons. The third kappa shape index (κ3) is 5.16. The second-order valence-corrected chi connectivity index (χ2v) is 10.3. The van der Waals surface area contributed by atoms with E-state index in [0.717, 1.165) is 11.1 Å². The lowest BCUT2D eigenvalue weighted by atomic mass is 9.69. The normalized spacial score (nSPS) is 19.3. The molecule has 4 rings (SSSR count). The van der Waals surface area contributed by atoms with Crippen LogP contribution in [-0.4, -0.2) is 47.1 Å². The third-order valence-corrected chi connectivity index (χ3v) is 6.53. The van der Waals surface area contributed by atoms with Gasteiger partial charge in [0.25, 0.3) is 11.8 Å². The van der Waals surface area contributed by atoms with E-state index in [1.165, 1.54) is 0 Å². The molecule has 3 aromatic rings. The lowest BCUT2D eigenvalue weighted by molar-refractivity contribution is -0.162. The lowest BCUT2D eigenvalue weighted by Crippen LogP contribution is -2.74. The predicted molar refractivity (Wildman–Crippen MR) is 145 cm³/mol. The van der Waals surface area contributed by atoms with Gasteiger partial charge in [-0.1, -0.05) is 72.8 Å². The SMILES string of the molecule is COc1ccc([C@]2(C(=O)NC(C)(C)C)/C(=C\c3ccccc3)C(=O)N2[C@H](CO)Cc2ccccc2)cc1. The molecule has 2 atom stereocenters. The summed E-state index contributed by atoms with van der Waals surface area (Å²) in [7, 11) is 1.58. The van der Waals surface area contributed by atoms with E-state index in [1.54, 1.807) is 30.2 Å². The summed E-state index contributed by atoms with van der Waals surface area (Å²) in [5.74, 6) is 0.0427. The molecule has 0 aromatic heterocycles. The standard InChI is InChI=1S/C31H34N2O4/c1-30(2,3)32-29(36)31(24-15-17-26(37-4)18-16-24)27(20-23-13-9-6-10-14-23)28(35)33(31)25(21-34)19-22-11-7-5-8-12-22/h5-18,20,25,34H,19,21H2,1-4H3,(H,32,36)/b27-20-/t25-,31+/m0/s1. The third-order valence-electron chi connectivity index (χ3n) is 6.53. The highest BCUT2D eigenvalue weighted by Crippen LogP contribution is 2.49. The van der Waals surface area contributed by atoms with Crippen LogP contribution in [0.3, 0.4) is 0 Å². The number of methoxy groups -OCH3 is 1. The maximum atomic E-state index is 14.3. The molecule has 1 fully saturated rings. The Labute approximate surface area is 218 Å². The van der Waals surface area contributed by atoms with E-state index in [9.17, 15) is 14.7 Å². The summed E-state index contributed by atoms with van der Waals surface area (Å²) in [6.07, 6.45) is 2.19. The topological polar surface area (TPSA) is 78.9 Å². The summed E-state index contributed by atoms with van der Waals surface area (Å²) in [4.78, 5) is 29.7. The highest BCUT2D eigenvalue weighted by molar-refractivity contribution is 6.18. The number of benzene rings is 3. The Kier molecular flexibility index (Phi) is 7.50. The van der Waals surface area contributed by atoms with Crippen LogP contribution in [0.4, 0.5) is 0 Å². The van der Waals surface area contributed by atoms with Crippen molar-refractivity contribution in [1.82, 2.24) is 10.2 Å². The van der Waals surface area contributed by atoms with Crippen LogP contribution in [0.15, 0.2) is 90.5 Å². The molecule has 0 radical (unpaired) electrons. The molecule has 6 heteroatoms. The van der Waals surface area contributed by atoms with Crippen molar-refractivity contribution < 1.29 is 19.4 Å². The first-order valence-corrected chi connectivity index (χ1v) is 12.4. The van der Waals surface area contributed by atoms with E-state index >= 15 is 0 Å². The first-order valence-electron chi connectivity index (χ1n) is 12.4. The Morgan fingerprint density at radius 2 is 1.59 bits per heavy atom. The molecule has 2 N–H and O–H groups in total. The van der Waals surface area contributed by atoms with E-state index in [0.29, 0.717) is 23.3 Å². The summed E-state index contributed by atoms with van der Waals surface area (Å²) >= 11 is 0. The molecule has 1 aliphatic rings. The van der Waals surface area contributed by atoms with E-state index in [1.807, 2.05) is 93.6 Å². The van der Waals surface area contributed by atoms with Gasteiger partial charge in [0.1, 0.15) is 5.75 Å². The fourth-order valence-electron chi connectivity index (χ4n) is 4.88. The van der Waals surface area contributed by atoms with Gasteiger partial charge in [0.05, 0.1) is 25.3 Å². The van der Waals surface area contributed by atoms with Crippen molar-refractivity contribution in [2.24, 2.45) is 0 Å². The van der Waals surface area contributed by atoms with E-state index in [4.69, 9.17) is 4.74 Å². The van der Waals surface area contributed by atoms with E-state index in [2.05, 4.69) is 5.32 Å². The number of β-lactam (4-membered cyclic amide) rings is 1. The Balaban J connectivity index is 1.93. The molecule has 0 spiro atoms. The minimum Gasteiger partial charge on any atom is -0.497 e. The summed E-state index contributed by atoms with van der Waals surface area (Å²) in [5.41, 5.74) is 0.785. The molecule has 0 aliphatic carbocycles. The van der Waals surface area contributed by atoms with Crippen molar-refractivity contribution in [1.29, 1.82) is 0 Å². The van der Waals surface area contributed by atoms with Crippen LogP contribution in [0, 0.1) is 0 Å². The van der Waals surface area contributed by atoms with E-state index in [-0.39, 0.29) is 18.4 Å². The fraction of sp³-hybridized carbons (Fsp3) is 0.290. The van der Waals surface area contributed by atoms with Gasteiger partial charge in [-0.3, -0.25) is 9.59 Å². The van der Waals surface area contributed by atoms with Crippen LogP contribution in [0.5, 0.6) is 5.75 Å². The molecule has 1 aliphatic heterocycles. The second kappa shape index (κ2) is 10.6. The quantitative estimate of drug-likeness (QED) is 0.358. The van der Waals surface area contributed by atoms with Crippen molar-refractivity contribution in [3.05, 3.63) is 107 Å². The van der Waals surface area contributed by atoms with Crippen molar-refractivity contribution in [3.8, 4) is 5.75 Å². The van der Waals surface area contributed by atoms with Gasteiger partial charge in [0.15, 0.2) is 5.54 Å². The first kappa shape index (κ1) is 26.2. The Bertz CT molecular complexity index is 1260. The fourth-order valence-corrected chi connectivity index (χ4v) is 4.88. The van der Waals surface area contributed by atoms with Gasteiger partial charge < -0.3 is 20.1 Å². The smallest absolute Gasteiger partial charge is 0.256 e. The number of carbonyl (C=O) groups excluding carboxylic acids is 2. The lowest BCUT2D eigenvalue weighted by Gasteiger charge is -2.56. The van der Waals surface area contributed by atoms with Gasteiger partial charge in [-0.15, -0.1) is 0 Å². The van der Waals surface area contributed by atoms with Crippen LogP contribution < -0.4 is 10.1 Å². The monoisotopic (exact) mass is 498 g/mol. The molecule has 0 unspecified atom stereocenters. The Morgan fingerprint density at radius 3 is 2.14 bits per heavy atom. The zero-order chi connectivity index (χ0) is 26.6. The second-order valence-electron chi connectivity index (χ2n) is 10.3. The molecular formula is C31H34N2O4. The Morgan fingerprint density at radius 1 is 1.00 bits per heavy atom. The van der Waals surface area contributed by atoms with Crippen LogP contribution in [0.25, 0.3) is 6.08 Å². The summed E-state index contributed by atoms with van der Waals surface area (Å²) in [6.45, 7) is 5.43. The maximum absolute atomic E-state index is 14.3. The van der Waals surface area contributed by atoms with Gasteiger partial charge in [-0.2, -0.15) is 0 Å².